The Kier molecular flexibility index (Phi) is 2.74. The zero-order chi connectivity index (χ0) is 14.3. The molecule has 0 fully saturated rings. The first-order valence-electron chi connectivity index (χ1n) is 6.19. The summed E-state index contributed by atoms with van der Waals surface area (Å²) in [7, 11) is 0. The van der Waals surface area contributed by atoms with E-state index in [1.54, 1.807) is 13.0 Å². The van der Waals surface area contributed by atoms with Crippen LogP contribution >= 0.6 is 0 Å². The molecule has 0 aliphatic rings. The topological polar surface area (TPSA) is 96.4 Å². The quantitative estimate of drug-likeness (QED) is 0.718. The highest BCUT2D eigenvalue weighted by atomic mass is 16.1. The predicted molar refractivity (Wildman–Crippen MR) is 73.8 cm³/mol. The molecule has 7 nitrogen and oxygen atoms in total. The Morgan fingerprint density at radius 2 is 2.10 bits per heavy atom. The number of aromatic nitrogens is 5. The number of fused-ring (bicyclic) bond motifs is 1. The van der Waals surface area contributed by atoms with Gasteiger partial charge >= 0.3 is 5.69 Å². The lowest BCUT2D eigenvalue weighted by molar-refractivity contribution is 0.576. The maximum absolute atomic E-state index is 12.6. The molecular formula is C13H13N5O2. The largest absolute Gasteiger partial charge is 0.340 e. The second kappa shape index (κ2) is 4.44. The first kappa shape index (κ1) is 12.3. The molecule has 2 N–H and O–H groups in total. The third kappa shape index (κ3) is 1.83. The van der Waals surface area contributed by atoms with Gasteiger partial charge in [-0.15, -0.1) is 0 Å². The summed E-state index contributed by atoms with van der Waals surface area (Å²) in [6, 6.07) is 5.13. The maximum atomic E-state index is 12.6. The molecule has 3 aromatic rings. The van der Waals surface area contributed by atoms with Crippen LogP contribution in [0.2, 0.25) is 0 Å². The van der Waals surface area contributed by atoms with Gasteiger partial charge in [0.2, 0.25) is 0 Å². The maximum Gasteiger partial charge on any atom is 0.340 e. The van der Waals surface area contributed by atoms with Crippen molar-refractivity contribution < 1.29 is 0 Å². The van der Waals surface area contributed by atoms with E-state index in [0.29, 0.717) is 16.7 Å². The molecule has 0 bridgehead atoms. The molecule has 0 amide bonds. The number of hydrogen-bond donors (Lipinski definition) is 2. The summed E-state index contributed by atoms with van der Waals surface area (Å²) in [4.78, 5) is 30.5. The van der Waals surface area contributed by atoms with Gasteiger partial charge in [0.25, 0.3) is 5.56 Å². The van der Waals surface area contributed by atoms with E-state index in [9.17, 15) is 9.59 Å². The Balaban J connectivity index is 2.22. The normalized spacial score (nSPS) is 12.7. The predicted octanol–water partition coefficient (Wildman–Crippen LogP) is 0.726. The zero-order valence-corrected chi connectivity index (χ0v) is 11.0. The molecule has 1 unspecified atom stereocenters. The van der Waals surface area contributed by atoms with Gasteiger partial charge in [-0.1, -0.05) is 12.1 Å². The molecule has 7 heteroatoms. The second-order valence-electron chi connectivity index (χ2n) is 4.66. The Bertz CT molecular complexity index is 889. The van der Waals surface area contributed by atoms with E-state index in [-0.39, 0.29) is 5.56 Å². The lowest BCUT2D eigenvalue weighted by Crippen LogP contribution is -2.25. The van der Waals surface area contributed by atoms with Crippen molar-refractivity contribution in [3.05, 3.63) is 56.8 Å². The minimum atomic E-state index is -0.405. The standard InChI is InChI=1S/C13H13N5O2/c1-7-4-3-5-9-10(7)12(19)18(6-14-9)8(2)11-15-13(20)17-16-11/h3-6,8H,1-2H3,(H2,15,16,17,20). The Morgan fingerprint density at radius 1 is 1.30 bits per heavy atom. The molecule has 102 valence electrons. The van der Waals surface area contributed by atoms with Crippen LogP contribution in [0.15, 0.2) is 34.1 Å². The van der Waals surface area contributed by atoms with Crippen LogP contribution in [0, 0.1) is 6.92 Å². The molecular weight excluding hydrogens is 258 g/mol. The molecule has 3 rings (SSSR count). The molecule has 20 heavy (non-hydrogen) atoms. The highest BCUT2D eigenvalue weighted by molar-refractivity contribution is 5.80. The number of aromatic amines is 2. The average molecular weight is 271 g/mol. The van der Waals surface area contributed by atoms with Crippen molar-refractivity contribution in [2.24, 2.45) is 0 Å². The third-order valence-corrected chi connectivity index (χ3v) is 3.35. The van der Waals surface area contributed by atoms with Gasteiger partial charge in [-0.05, 0) is 25.5 Å². The fraction of sp³-hybridized carbons (Fsp3) is 0.231. The van der Waals surface area contributed by atoms with Crippen molar-refractivity contribution in [1.82, 2.24) is 24.7 Å². The fourth-order valence-corrected chi connectivity index (χ4v) is 2.23. The van der Waals surface area contributed by atoms with E-state index in [1.807, 2.05) is 19.1 Å². The molecule has 0 radical (unpaired) electrons. The summed E-state index contributed by atoms with van der Waals surface area (Å²) in [6.45, 7) is 3.65. The Morgan fingerprint density at radius 3 is 2.80 bits per heavy atom. The number of benzene rings is 1. The Hall–Kier alpha value is -2.70. The Labute approximate surface area is 113 Å². The summed E-state index contributed by atoms with van der Waals surface area (Å²) in [5.41, 5.74) is 0.986. The van der Waals surface area contributed by atoms with Crippen molar-refractivity contribution in [3.8, 4) is 0 Å². The zero-order valence-electron chi connectivity index (χ0n) is 11.0. The van der Waals surface area contributed by atoms with Crippen LogP contribution in [0.3, 0.4) is 0 Å². The SMILES string of the molecule is Cc1cccc2ncn(C(C)c3n[nH]c(=O)[nH]3)c(=O)c12. The van der Waals surface area contributed by atoms with Crippen LogP contribution in [0.25, 0.3) is 10.9 Å². The highest BCUT2D eigenvalue weighted by Gasteiger charge is 2.15. The van der Waals surface area contributed by atoms with Gasteiger partial charge in [0, 0.05) is 0 Å². The number of hydrogen-bond acceptors (Lipinski definition) is 4. The fourth-order valence-electron chi connectivity index (χ4n) is 2.23. The van der Waals surface area contributed by atoms with Crippen molar-refractivity contribution in [1.29, 1.82) is 0 Å². The first-order valence-corrected chi connectivity index (χ1v) is 6.19. The van der Waals surface area contributed by atoms with Crippen molar-refractivity contribution in [2.45, 2.75) is 19.9 Å². The van der Waals surface area contributed by atoms with Crippen molar-refractivity contribution in [2.75, 3.05) is 0 Å². The molecule has 0 aliphatic carbocycles. The van der Waals surface area contributed by atoms with E-state index in [1.165, 1.54) is 10.9 Å². The van der Waals surface area contributed by atoms with Gasteiger partial charge in [0.05, 0.1) is 23.3 Å². The molecule has 0 spiro atoms. The van der Waals surface area contributed by atoms with Crippen LogP contribution in [-0.2, 0) is 0 Å². The molecule has 1 aromatic carbocycles. The first-order chi connectivity index (χ1) is 9.58. The molecule has 0 saturated carbocycles. The molecule has 1 atom stereocenters. The monoisotopic (exact) mass is 271 g/mol. The number of H-pyrrole nitrogens is 2. The van der Waals surface area contributed by atoms with Crippen LogP contribution in [0.5, 0.6) is 0 Å². The minimum absolute atomic E-state index is 0.149. The number of nitrogens with one attached hydrogen (secondary N) is 2. The van der Waals surface area contributed by atoms with Gasteiger partial charge in [-0.3, -0.25) is 14.3 Å². The highest BCUT2D eigenvalue weighted by Crippen LogP contribution is 2.14. The summed E-state index contributed by atoms with van der Waals surface area (Å²) in [6.07, 6.45) is 1.47. The van der Waals surface area contributed by atoms with E-state index >= 15 is 0 Å². The van der Waals surface area contributed by atoms with Gasteiger partial charge in [0.15, 0.2) is 5.82 Å². The number of nitrogens with zero attached hydrogens (tertiary/aromatic N) is 3. The average Bonchev–Trinajstić information content (AvgIpc) is 2.85. The van der Waals surface area contributed by atoms with Crippen molar-refractivity contribution in [3.63, 3.8) is 0 Å². The van der Waals surface area contributed by atoms with Gasteiger partial charge in [0.1, 0.15) is 0 Å². The lowest BCUT2D eigenvalue weighted by atomic mass is 10.1. The van der Waals surface area contributed by atoms with E-state index < -0.39 is 11.7 Å². The molecule has 2 aromatic heterocycles. The van der Waals surface area contributed by atoms with Crippen LogP contribution in [0.1, 0.15) is 24.4 Å². The third-order valence-electron chi connectivity index (χ3n) is 3.35. The van der Waals surface area contributed by atoms with E-state index in [0.717, 1.165) is 5.56 Å². The van der Waals surface area contributed by atoms with E-state index in [4.69, 9.17) is 0 Å². The van der Waals surface area contributed by atoms with E-state index in [2.05, 4.69) is 20.2 Å². The number of rotatable bonds is 2. The summed E-state index contributed by atoms with van der Waals surface area (Å²) < 4.78 is 1.46. The summed E-state index contributed by atoms with van der Waals surface area (Å²) in [5.74, 6) is 0.395. The van der Waals surface area contributed by atoms with Gasteiger partial charge in [-0.25, -0.2) is 14.9 Å². The van der Waals surface area contributed by atoms with Crippen molar-refractivity contribution >= 4 is 10.9 Å². The van der Waals surface area contributed by atoms with Crippen LogP contribution < -0.4 is 11.2 Å². The smallest absolute Gasteiger partial charge is 0.291 e. The minimum Gasteiger partial charge on any atom is -0.291 e. The van der Waals surface area contributed by atoms with Gasteiger partial charge in [-0.2, -0.15) is 5.10 Å². The molecule has 0 aliphatic heterocycles. The molecule has 2 heterocycles. The second-order valence-corrected chi connectivity index (χ2v) is 4.66. The van der Waals surface area contributed by atoms with Crippen LogP contribution in [0.4, 0.5) is 0 Å². The summed E-state index contributed by atoms with van der Waals surface area (Å²) >= 11 is 0. The number of aryl methyl sites for hydroxylation is 1. The van der Waals surface area contributed by atoms with Crippen LogP contribution in [-0.4, -0.2) is 24.7 Å². The lowest BCUT2D eigenvalue weighted by Gasteiger charge is -2.12. The van der Waals surface area contributed by atoms with Gasteiger partial charge < -0.3 is 0 Å². The molecule has 0 saturated heterocycles. The summed E-state index contributed by atoms with van der Waals surface area (Å²) in [5, 5.41) is 6.73.